The molecule has 0 spiro atoms. The molecule has 0 fully saturated rings. The molecule has 0 bridgehead atoms. The summed E-state index contributed by atoms with van der Waals surface area (Å²) in [5.74, 6) is -0.946. The van der Waals surface area contributed by atoms with Crippen molar-refractivity contribution in [2.45, 2.75) is 6.92 Å². The van der Waals surface area contributed by atoms with Crippen LogP contribution < -0.4 is 11.2 Å². The van der Waals surface area contributed by atoms with Crippen molar-refractivity contribution in [1.82, 2.24) is 30.7 Å². The van der Waals surface area contributed by atoms with Crippen LogP contribution in [0.15, 0.2) is 58.3 Å². The summed E-state index contributed by atoms with van der Waals surface area (Å²) >= 11 is 0. The van der Waals surface area contributed by atoms with Crippen LogP contribution in [-0.4, -0.2) is 37.4 Å². The van der Waals surface area contributed by atoms with Gasteiger partial charge in [-0.15, -0.1) is 5.10 Å². The van der Waals surface area contributed by atoms with Gasteiger partial charge >= 0.3 is 0 Å². The van der Waals surface area contributed by atoms with E-state index < -0.39 is 11.7 Å². The highest BCUT2D eigenvalue weighted by Gasteiger charge is 2.25. The molecule has 0 radical (unpaired) electrons. The average Bonchev–Trinajstić information content (AvgIpc) is 3.34. The number of hydrogen-bond acceptors (Lipinski definition) is 8. The van der Waals surface area contributed by atoms with Crippen molar-refractivity contribution in [2.75, 3.05) is 5.73 Å². The van der Waals surface area contributed by atoms with Gasteiger partial charge in [-0.1, -0.05) is 47.2 Å². The summed E-state index contributed by atoms with van der Waals surface area (Å²) in [6.07, 6.45) is 1.32. The number of rotatable bonds is 5. The number of hydrazone groups is 1. The normalized spacial score (nSPS) is 11.1. The second kappa shape index (κ2) is 7.91. The van der Waals surface area contributed by atoms with Crippen molar-refractivity contribution < 1.29 is 13.8 Å². The first-order valence-electron chi connectivity index (χ1n) is 8.73. The van der Waals surface area contributed by atoms with E-state index in [9.17, 15) is 9.18 Å². The summed E-state index contributed by atoms with van der Waals surface area (Å²) in [4.78, 5) is 12.7. The molecule has 30 heavy (non-hydrogen) atoms. The largest absolute Gasteiger partial charge is 0.378 e. The van der Waals surface area contributed by atoms with Crippen LogP contribution in [-0.2, 0) is 0 Å². The highest BCUT2D eigenvalue weighted by molar-refractivity contribution is 5.98. The number of nitrogen functional groups attached to an aromatic ring is 1. The molecule has 3 N–H and O–H groups in total. The van der Waals surface area contributed by atoms with Crippen molar-refractivity contribution in [1.29, 1.82) is 0 Å². The second-order valence-corrected chi connectivity index (χ2v) is 6.29. The van der Waals surface area contributed by atoms with Gasteiger partial charge in [0.2, 0.25) is 11.6 Å². The Kier molecular flexibility index (Phi) is 4.99. The van der Waals surface area contributed by atoms with Gasteiger partial charge in [0.05, 0.1) is 6.21 Å². The lowest BCUT2D eigenvalue weighted by Crippen LogP contribution is -2.19. The molecule has 0 saturated carbocycles. The van der Waals surface area contributed by atoms with E-state index in [1.807, 2.05) is 19.1 Å². The van der Waals surface area contributed by atoms with Crippen LogP contribution in [0.25, 0.3) is 17.1 Å². The number of anilines is 1. The molecule has 2 aromatic heterocycles. The van der Waals surface area contributed by atoms with Crippen molar-refractivity contribution >= 4 is 17.9 Å². The Balaban J connectivity index is 1.69. The number of benzene rings is 2. The quantitative estimate of drug-likeness (QED) is 0.382. The van der Waals surface area contributed by atoms with Crippen molar-refractivity contribution in [2.24, 2.45) is 5.10 Å². The zero-order chi connectivity index (χ0) is 21.1. The molecule has 0 aliphatic heterocycles. The number of nitrogens with zero attached hydrogens (tertiary/aromatic N) is 6. The molecule has 4 rings (SSSR count). The number of hydrogen-bond donors (Lipinski definition) is 2. The number of amides is 1. The summed E-state index contributed by atoms with van der Waals surface area (Å²) < 4.78 is 19.2. The van der Waals surface area contributed by atoms with Crippen LogP contribution in [0.5, 0.6) is 0 Å². The molecule has 4 aromatic rings. The monoisotopic (exact) mass is 406 g/mol. The molecule has 0 aliphatic rings. The minimum Gasteiger partial charge on any atom is -0.378 e. The summed E-state index contributed by atoms with van der Waals surface area (Å²) in [7, 11) is 0. The SMILES string of the molecule is Cc1ccc(-c2c(C(=O)N/N=C\c3cccc(F)c3)nnn2-c2nonc2N)cc1. The second-order valence-electron chi connectivity index (χ2n) is 6.29. The molecule has 2 heterocycles. The van der Waals surface area contributed by atoms with E-state index in [-0.39, 0.29) is 17.3 Å². The van der Waals surface area contributed by atoms with E-state index >= 15 is 0 Å². The maximum atomic E-state index is 13.3. The first-order valence-corrected chi connectivity index (χ1v) is 8.73. The number of carbonyl (C=O) groups excluding carboxylic acids is 1. The maximum absolute atomic E-state index is 13.3. The van der Waals surface area contributed by atoms with Crippen molar-refractivity contribution in [3.05, 3.63) is 71.2 Å². The molecule has 2 aromatic carbocycles. The lowest BCUT2D eigenvalue weighted by Gasteiger charge is -2.06. The van der Waals surface area contributed by atoms with Crippen LogP contribution in [0.4, 0.5) is 10.2 Å². The lowest BCUT2D eigenvalue weighted by atomic mass is 10.1. The molecule has 1 amide bonds. The van der Waals surface area contributed by atoms with E-state index in [2.05, 4.69) is 35.8 Å². The Bertz CT molecular complexity index is 1230. The molecule has 0 saturated heterocycles. The van der Waals surface area contributed by atoms with Gasteiger partial charge in [-0.05, 0) is 34.9 Å². The van der Waals surface area contributed by atoms with E-state index in [1.54, 1.807) is 18.2 Å². The summed E-state index contributed by atoms with van der Waals surface area (Å²) in [5.41, 5.74) is 10.6. The van der Waals surface area contributed by atoms with Crippen molar-refractivity contribution in [3.8, 4) is 17.1 Å². The Labute approximate surface area is 169 Å². The van der Waals surface area contributed by atoms with Gasteiger partial charge in [-0.25, -0.2) is 14.4 Å². The fourth-order valence-corrected chi connectivity index (χ4v) is 2.70. The Morgan fingerprint density at radius 2 is 2.03 bits per heavy atom. The third-order valence-electron chi connectivity index (χ3n) is 4.13. The number of halogens is 1. The third-order valence-corrected chi connectivity index (χ3v) is 4.13. The Hall–Kier alpha value is -4.41. The molecular formula is C19H15FN8O2. The van der Waals surface area contributed by atoms with E-state index in [0.717, 1.165) is 5.56 Å². The van der Waals surface area contributed by atoms with E-state index in [4.69, 9.17) is 5.73 Å². The van der Waals surface area contributed by atoms with Crippen LogP contribution >= 0.6 is 0 Å². The maximum Gasteiger partial charge on any atom is 0.294 e. The molecule has 0 atom stereocenters. The fourth-order valence-electron chi connectivity index (χ4n) is 2.70. The standard InChI is InChI=1S/C19H15FN8O2/c1-11-5-7-13(8-6-11)16-15(23-27-28(16)18-17(21)25-30-26-18)19(29)24-22-10-12-3-2-4-14(20)9-12/h2-10H,1H3,(H2,21,25)(H,24,29)/b22-10-. The highest BCUT2D eigenvalue weighted by atomic mass is 19.1. The third kappa shape index (κ3) is 3.76. The van der Waals surface area contributed by atoms with Crippen LogP contribution in [0.3, 0.4) is 0 Å². The van der Waals surface area contributed by atoms with Gasteiger partial charge in [0, 0.05) is 5.56 Å². The van der Waals surface area contributed by atoms with E-state index in [0.29, 0.717) is 16.8 Å². The Morgan fingerprint density at radius 1 is 1.23 bits per heavy atom. The lowest BCUT2D eigenvalue weighted by molar-refractivity contribution is 0.0950. The zero-order valence-corrected chi connectivity index (χ0v) is 15.7. The van der Waals surface area contributed by atoms with Gasteiger partial charge in [0.15, 0.2) is 5.69 Å². The van der Waals surface area contributed by atoms with Crippen LogP contribution in [0.1, 0.15) is 21.6 Å². The highest BCUT2D eigenvalue weighted by Crippen LogP contribution is 2.26. The number of aryl methyl sites for hydroxylation is 1. The first-order chi connectivity index (χ1) is 14.5. The average molecular weight is 406 g/mol. The Morgan fingerprint density at radius 3 is 2.73 bits per heavy atom. The first kappa shape index (κ1) is 18.9. The molecule has 11 heteroatoms. The van der Waals surface area contributed by atoms with Gasteiger partial charge in [-0.3, -0.25) is 4.79 Å². The topological polar surface area (TPSA) is 137 Å². The van der Waals surface area contributed by atoms with Crippen LogP contribution in [0.2, 0.25) is 0 Å². The molecular weight excluding hydrogens is 391 g/mol. The smallest absolute Gasteiger partial charge is 0.294 e. The molecule has 150 valence electrons. The minimum atomic E-state index is -0.625. The zero-order valence-electron chi connectivity index (χ0n) is 15.7. The van der Waals surface area contributed by atoms with Gasteiger partial charge in [-0.2, -0.15) is 9.78 Å². The molecule has 0 aliphatic carbocycles. The molecule has 10 nitrogen and oxygen atoms in total. The minimum absolute atomic E-state index is 0.00987. The summed E-state index contributed by atoms with van der Waals surface area (Å²) in [6.45, 7) is 1.94. The number of nitrogens with two attached hydrogens (primary N) is 1. The van der Waals surface area contributed by atoms with Gasteiger partial charge in [0.1, 0.15) is 11.5 Å². The van der Waals surface area contributed by atoms with Gasteiger partial charge in [0.25, 0.3) is 5.91 Å². The predicted octanol–water partition coefficient (Wildman–Crippen LogP) is 2.11. The fraction of sp³-hybridized carbons (Fsp3) is 0.0526. The number of nitrogens with one attached hydrogen (secondary N) is 1. The number of aromatic nitrogens is 5. The predicted molar refractivity (Wildman–Crippen MR) is 105 cm³/mol. The van der Waals surface area contributed by atoms with Gasteiger partial charge < -0.3 is 5.73 Å². The summed E-state index contributed by atoms with van der Waals surface area (Å²) in [5, 5.41) is 19.1. The summed E-state index contributed by atoms with van der Waals surface area (Å²) in [6, 6.07) is 13.1. The van der Waals surface area contributed by atoms with Crippen molar-refractivity contribution in [3.63, 3.8) is 0 Å². The van der Waals surface area contributed by atoms with E-state index in [1.165, 1.54) is 29.1 Å². The molecule has 0 unspecified atom stereocenters. The number of carbonyl (C=O) groups is 1. The van der Waals surface area contributed by atoms with Crippen LogP contribution in [0, 0.1) is 12.7 Å².